The predicted octanol–water partition coefficient (Wildman–Crippen LogP) is 2.31. The molecular weight excluding hydrogens is 295 g/mol. The van der Waals surface area contributed by atoms with Crippen molar-refractivity contribution in [3.63, 3.8) is 0 Å². The molecule has 0 aliphatic heterocycles. The number of rotatable bonds is 5. The number of thiazole rings is 1. The molecule has 1 amide bonds. The average Bonchev–Trinajstić information content (AvgIpc) is 2.96. The van der Waals surface area contributed by atoms with Crippen LogP contribution in [0.4, 0.5) is 4.39 Å². The number of carboxylic acids is 1. The number of hydrogen-bond acceptors (Lipinski definition) is 4. The van der Waals surface area contributed by atoms with E-state index in [0.29, 0.717) is 0 Å². The molecule has 0 saturated carbocycles. The van der Waals surface area contributed by atoms with Gasteiger partial charge in [0.25, 0.3) is 5.91 Å². The van der Waals surface area contributed by atoms with Crippen LogP contribution in [-0.2, 0) is 11.3 Å². The van der Waals surface area contributed by atoms with E-state index in [-0.39, 0.29) is 17.7 Å². The summed E-state index contributed by atoms with van der Waals surface area (Å²) >= 11 is 1.41. The van der Waals surface area contributed by atoms with Crippen LogP contribution in [0.15, 0.2) is 35.9 Å². The number of halogens is 1. The second-order valence-corrected chi connectivity index (χ2v) is 5.00. The molecule has 0 spiro atoms. The second-order valence-electron chi connectivity index (χ2n) is 4.02. The Hall–Kier alpha value is -2.54. The number of amides is 1. The maximum absolute atomic E-state index is 13.7. The minimum Gasteiger partial charge on any atom is -0.478 e. The minimum atomic E-state index is -1.17. The highest BCUT2D eigenvalue weighted by Crippen LogP contribution is 2.12. The Morgan fingerprint density at radius 1 is 1.43 bits per heavy atom. The molecule has 108 valence electrons. The second kappa shape index (κ2) is 6.76. The number of hydrogen-bond donors (Lipinski definition) is 2. The van der Waals surface area contributed by atoms with E-state index in [9.17, 15) is 14.0 Å². The van der Waals surface area contributed by atoms with Crippen LogP contribution in [0.1, 0.15) is 20.9 Å². The molecule has 7 heteroatoms. The molecule has 1 heterocycles. The molecule has 0 aliphatic rings. The van der Waals surface area contributed by atoms with Gasteiger partial charge in [-0.05, 0) is 18.2 Å². The number of aromatic nitrogens is 1. The third kappa shape index (κ3) is 4.22. The highest BCUT2D eigenvalue weighted by atomic mass is 32.1. The van der Waals surface area contributed by atoms with Crippen LogP contribution in [0.25, 0.3) is 6.08 Å². The van der Waals surface area contributed by atoms with Gasteiger partial charge in [0, 0.05) is 28.8 Å². The van der Waals surface area contributed by atoms with Crippen molar-refractivity contribution < 1.29 is 19.1 Å². The quantitative estimate of drug-likeness (QED) is 0.831. The molecule has 21 heavy (non-hydrogen) atoms. The zero-order valence-corrected chi connectivity index (χ0v) is 11.6. The van der Waals surface area contributed by atoms with Crippen molar-refractivity contribution in [1.29, 1.82) is 0 Å². The molecule has 2 aromatic rings. The summed E-state index contributed by atoms with van der Waals surface area (Å²) in [5.74, 6) is -2.24. The molecule has 0 fully saturated rings. The Morgan fingerprint density at radius 2 is 2.24 bits per heavy atom. The van der Waals surface area contributed by atoms with Gasteiger partial charge in [0.1, 0.15) is 10.8 Å². The first-order valence-electron chi connectivity index (χ1n) is 5.93. The van der Waals surface area contributed by atoms with Crippen LogP contribution in [0.2, 0.25) is 0 Å². The number of carbonyl (C=O) groups excluding carboxylic acids is 1. The fourth-order valence-corrected chi connectivity index (χ4v) is 2.12. The van der Waals surface area contributed by atoms with E-state index in [1.165, 1.54) is 23.5 Å². The Balaban J connectivity index is 2.05. The SMILES string of the molecule is O=C(O)C=Cc1ccc(C(=O)NCc2nccs2)cc1F. The maximum Gasteiger partial charge on any atom is 0.328 e. The van der Waals surface area contributed by atoms with Gasteiger partial charge in [-0.15, -0.1) is 11.3 Å². The fourth-order valence-electron chi connectivity index (χ4n) is 1.56. The van der Waals surface area contributed by atoms with E-state index in [0.717, 1.165) is 23.2 Å². The normalized spacial score (nSPS) is 10.7. The van der Waals surface area contributed by atoms with Crippen LogP contribution in [0.5, 0.6) is 0 Å². The van der Waals surface area contributed by atoms with Crippen molar-refractivity contribution in [2.24, 2.45) is 0 Å². The standard InChI is InChI=1S/C14H11FN2O3S/c15-11-7-10(2-1-9(11)3-4-13(18)19)14(20)17-8-12-16-5-6-21-12/h1-7H,8H2,(H,17,20)(H,18,19). The number of aliphatic carboxylic acids is 1. The van der Waals surface area contributed by atoms with Crippen molar-refractivity contribution in [3.05, 3.63) is 57.8 Å². The van der Waals surface area contributed by atoms with Gasteiger partial charge in [-0.1, -0.05) is 6.07 Å². The first-order chi connectivity index (χ1) is 10.1. The largest absolute Gasteiger partial charge is 0.478 e. The van der Waals surface area contributed by atoms with E-state index in [4.69, 9.17) is 5.11 Å². The van der Waals surface area contributed by atoms with E-state index in [2.05, 4.69) is 10.3 Å². The van der Waals surface area contributed by atoms with E-state index < -0.39 is 17.7 Å². The van der Waals surface area contributed by atoms with Gasteiger partial charge in [0.15, 0.2) is 0 Å². The monoisotopic (exact) mass is 306 g/mol. The zero-order valence-electron chi connectivity index (χ0n) is 10.7. The zero-order chi connectivity index (χ0) is 15.2. The lowest BCUT2D eigenvalue weighted by molar-refractivity contribution is -0.131. The van der Waals surface area contributed by atoms with Crippen molar-refractivity contribution in [2.75, 3.05) is 0 Å². The summed E-state index contributed by atoms with van der Waals surface area (Å²) in [5, 5.41) is 13.7. The molecule has 0 aliphatic carbocycles. The average molecular weight is 306 g/mol. The van der Waals surface area contributed by atoms with E-state index in [1.807, 2.05) is 0 Å². The molecule has 0 saturated heterocycles. The summed E-state index contributed by atoms with van der Waals surface area (Å²) in [5.41, 5.74) is 0.269. The third-order valence-electron chi connectivity index (χ3n) is 2.55. The first kappa shape index (κ1) is 14.9. The number of nitrogens with zero attached hydrogens (tertiary/aromatic N) is 1. The van der Waals surface area contributed by atoms with Gasteiger partial charge in [0.05, 0.1) is 6.54 Å². The van der Waals surface area contributed by atoms with Gasteiger partial charge in [-0.3, -0.25) is 4.79 Å². The fraction of sp³-hybridized carbons (Fsp3) is 0.0714. The Labute approximate surface area is 123 Å². The predicted molar refractivity (Wildman–Crippen MR) is 76.4 cm³/mol. The van der Waals surface area contributed by atoms with Crippen molar-refractivity contribution >= 4 is 29.3 Å². The summed E-state index contributed by atoms with van der Waals surface area (Å²) in [6.45, 7) is 0.277. The van der Waals surface area contributed by atoms with Gasteiger partial charge < -0.3 is 10.4 Å². The highest BCUT2D eigenvalue weighted by molar-refractivity contribution is 7.09. The van der Waals surface area contributed by atoms with Crippen molar-refractivity contribution in [3.8, 4) is 0 Å². The van der Waals surface area contributed by atoms with Gasteiger partial charge in [-0.2, -0.15) is 0 Å². The molecular formula is C14H11FN2O3S. The maximum atomic E-state index is 13.7. The number of carboxylic acid groups (broad SMARTS) is 1. The topological polar surface area (TPSA) is 79.3 Å². The van der Waals surface area contributed by atoms with E-state index >= 15 is 0 Å². The summed E-state index contributed by atoms with van der Waals surface area (Å²) in [4.78, 5) is 26.3. The summed E-state index contributed by atoms with van der Waals surface area (Å²) in [6.07, 6.45) is 3.60. The highest BCUT2D eigenvalue weighted by Gasteiger charge is 2.09. The molecule has 2 N–H and O–H groups in total. The number of nitrogens with one attached hydrogen (secondary N) is 1. The van der Waals surface area contributed by atoms with Gasteiger partial charge in [-0.25, -0.2) is 14.2 Å². The van der Waals surface area contributed by atoms with Crippen LogP contribution in [0.3, 0.4) is 0 Å². The van der Waals surface area contributed by atoms with Crippen LogP contribution < -0.4 is 5.32 Å². The van der Waals surface area contributed by atoms with E-state index in [1.54, 1.807) is 11.6 Å². The summed E-state index contributed by atoms with van der Waals surface area (Å²) in [7, 11) is 0. The van der Waals surface area contributed by atoms with Gasteiger partial charge in [0.2, 0.25) is 0 Å². The molecule has 1 aromatic carbocycles. The number of benzene rings is 1. The molecule has 0 unspecified atom stereocenters. The number of carbonyl (C=O) groups is 2. The molecule has 0 atom stereocenters. The van der Waals surface area contributed by atoms with Crippen LogP contribution in [0, 0.1) is 5.82 Å². The first-order valence-corrected chi connectivity index (χ1v) is 6.81. The Morgan fingerprint density at radius 3 is 2.86 bits per heavy atom. The lowest BCUT2D eigenvalue weighted by Gasteiger charge is -2.04. The molecule has 5 nitrogen and oxygen atoms in total. The molecule has 1 aromatic heterocycles. The van der Waals surface area contributed by atoms with Gasteiger partial charge >= 0.3 is 5.97 Å². The smallest absolute Gasteiger partial charge is 0.328 e. The Kier molecular flexibility index (Phi) is 4.78. The lowest BCUT2D eigenvalue weighted by Crippen LogP contribution is -2.22. The van der Waals surface area contributed by atoms with Crippen LogP contribution >= 0.6 is 11.3 Å². The molecule has 0 bridgehead atoms. The summed E-state index contributed by atoms with van der Waals surface area (Å²) in [6, 6.07) is 3.85. The van der Waals surface area contributed by atoms with Crippen molar-refractivity contribution in [2.45, 2.75) is 6.54 Å². The molecule has 2 rings (SSSR count). The lowest BCUT2D eigenvalue weighted by atomic mass is 10.1. The Bertz CT molecular complexity index is 684. The minimum absolute atomic E-state index is 0.105. The van der Waals surface area contributed by atoms with Crippen molar-refractivity contribution in [1.82, 2.24) is 10.3 Å². The molecule has 0 radical (unpaired) electrons. The van der Waals surface area contributed by atoms with Crippen LogP contribution in [-0.4, -0.2) is 22.0 Å². The summed E-state index contributed by atoms with van der Waals surface area (Å²) < 4.78 is 13.7. The third-order valence-corrected chi connectivity index (χ3v) is 3.33.